The molecule has 0 aliphatic heterocycles. The summed E-state index contributed by atoms with van der Waals surface area (Å²) in [6.07, 6.45) is 0.474. The molecule has 0 spiro atoms. The highest BCUT2D eigenvalue weighted by atomic mass is 32.2. The molecule has 0 saturated carbocycles. The predicted molar refractivity (Wildman–Crippen MR) is 62.0 cm³/mol. The summed E-state index contributed by atoms with van der Waals surface area (Å²) < 4.78 is 30.7. The molecule has 6 nitrogen and oxygen atoms in total. The molecular weight excluding hydrogens is 230 g/mol. The largest absolute Gasteiger partial charge is 0.385 e. The number of aromatic nitrogens is 2. The van der Waals surface area contributed by atoms with Crippen molar-refractivity contribution >= 4 is 15.7 Å². The van der Waals surface area contributed by atoms with Gasteiger partial charge in [-0.25, -0.2) is 8.42 Å². The van der Waals surface area contributed by atoms with Crippen LogP contribution in [0.4, 0.5) is 5.69 Å². The van der Waals surface area contributed by atoms with Crippen LogP contribution in [0.2, 0.25) is 0 Å². The van der Waals surface area contributed by atoms with E-state index in [0.29, 0.717) is 30.1 Å². The van der Waals surface area contributed by atoms with E-state index in [1.807, 2.05) is 0 Å². The molecule has 0 aromatic carbocycles. The van der Waals surface area contributed by atoms with Crippen LogP contribution in [0.5, 0.6) is 0 Å². The molecule has 1 aromatic heterocycles. The van der Waals surface area contributed by atoms with Gasteiger partial charge in [-0.2, -0.15) is 5.10 Å². The molecule has 1 aromatic rings. The number of anilines is 1. The Morgan fingerprint density at radius 1 is 1.44 bits per heavy atom. The molecule has 0 radical (unpaired) electrons. The molecule has 2 N–H and O–H groups in total. The van der Waals surface area contributed by atoms with Crippen LogP contribution in [0.15, 0.2) is 0 Å². The number of hydrogen-bond acceptors (Lipinski definition) is 4. The highest BCUT2D eigenvalue weighted by Crippen LogP contribution is 2.17. The number of sulfonamides is 1. The fraction of sp³-hybridized carbons (Fsp3) is 0.667. The van der Waals surface area contributed by atoms with Crippen LogP contribution in [-0.4, -0.2) is 38.1 Å². The summed E-state index contributed by atoms with van der Waals surface area (Å²) in [6.45, 7) is 3.95. The van der Waals surface area contributed by atoms with Gasteiger partial charge >= 0.3 is 0 Å². The fourth-order valence-electron chi connectivity index (χ4n) is 1.30. The van der Waals surface area contributed by atoms with Crippen LogP contribution >= 0.6 is 0 Å². The van der Waals surface area contributed by atoms with E-state index in [1.54, 1.807) is 21.0 Å². The molecule has 1 heterocycles. The monoisotopic (exact) mass is 247 g/mol. The molecular formula is C9H17N3O3S. The molecule has 92 valence electrons. The Balaban J connectivity index is 2.66. The van der Waals surface area contributed by atoms with E-state index in [9.17, 15) is 8.42 Å². The van der Waals surface area contributed by atoms with Crippen molar-refractivity contribution in [2.75, 3.05) is 24.2 Å². The SMILES string of the molecule is COCCCS(=O)(=O)Nc1c(C)n[nH]c1C. The number of methoxy groups -OCH3 is 1. The van der Waals surface area contributed by atoms with Gasteiger partial charge < -0.3 is 4.74 Å². The summed E-state index contributed by atoms with van der Waals surface area (Å²) in [7, 11) is -1.77. The quantitative estimate of drug-likeness (QED) is 0.728. The molecule has 1 rings (SSSR count). The number of nitrogens with one attached hydrogen (secondary N) is 2. The van der Waals surface area contributed by atoms with Gasteiger partial charge in [-0.3, -0.25) is 9.82 Å². The summed E-state index contributed by atoms with van der Waals surface area (Å²) in [5.74, 6) is 0.0465. The summed E-state index contributed by atoms with van der Waals surface area (Å²) in [5, 5.41) is 6.65. The maximum Gasteiger partial charge on any atom is 0.232 e. The maximum absolute atomic E-state index is 11.7. The average Bonchev–Trinajstić information content (AvgIpc) is 2.49. The number of aromatic amines is 1. The zero-order valence-electron chi connectivity index (χ0n) is 9.70. The van der Waals surface area contributed by atoms with E-state index in [2.05, 4.69) is 14.9 Å². The molecule has 7 heteroatoms. The van der Waals surface area contributed by atoms with Crippen LogP contribution < -0.4 is 4.72 Å². The third-order valence-electron chi connectivity index (χ3n) is 2.15. The Morgan fingerprint density at radius 3 is 2.62 bits per heavy atom. The minimum atomic E-state index is -3.31. The van der Waals surface area contributed by atoms with Crippen LogP contribution in [0.25, 0.3) is 0 Å². The van der Waals surface area contributed by atoms with Crippen LogP contribution in [0.1, 0.15) is 17.8 Å². The third-order valence-corrected chi connectivity index (χ3v) is 3.49. The molecule has 0 aliphatic carbocycles. The predicted octanol–water partition coefficient (Wildman–Crippen LogP) is 0.805. The fourth-order valence-corrected chi connectivity index (χ4v) is 2.51. The minimum Gasteiger partial charge on any atom is -0.385 e. The van der Waals surface area contributed by atoms with Crippen molar-refractivity contribution in [3.05, 3.63) is 11.4 Å². The number of nitrogens with zero attached hydrogens (tertiary/aromatic N) is 1. The number of rotatable bonds is 6. The maximum atomic E-state index is 11.7. The first-order valence-corrected chi connectivity index (χ1v) is 6.62. The smallest absolute Gasteiger partial charge is 0.232 e. The molecule has 0 atom stereocenters. The molecule has 0 amide bonds. The normalized spacial score (nSPS) is 11.7. The average molecular weight is 247 g/mol. The Morgan fingerprint density at radius 2 is 2.12 bits per heavy atom. The van der Waals surface area contributed by atoms with Crippen molar-refractivity contribution in [1.29, 1.82) is 0 Å². The topological polar surface area (TPSA) is 84.1 Å². The first-order valence-electron chi connectivity index (χ1n) is 4.97. The van der Waals surface area contributed by atoms with Crippen molar-refractivity contribution in [3.8, 4) is 0 Å². The Hall–Kier alpha value is -1.08. The van der Waals surface area contributed by atoms with Crippen LogP contribution in [-0.2, 0) is 14.8 Å². The second-order valence-electron chi connectivity index (χ2n) is 3.58. The van der Waals surface area contributed by atoms with E-state index in [1.165, 1.54) is 0 Å². The Kier molecular flexibility index (Phi) is 4.31. The van der Waals surface area contributed by atoms with E-state index >= 15 is 0 Å². The van der Waals surface area contributed by atoms with Crippen molar-refractivity contribution in [2.24, 2.45) is 0 Å². The molecule has 0 bridgehead atoms. The van der Waals surface area contributed by atoms with Gasteiger partial charge in [0.1, 0.15) is 0 Å². The molecule has 0 unspecified atom stereocenters. The zero-order valence-corrected chi connectivity index (χ0v) is 10.5. The highest BCUT2D eigenvalue weighted by Gasteiger charge is 2.14. The van der Waals surface area contributed by atoms with Crippen molar-refractivity contribution in [2.45, 2.75) is 20.3 Å². The molecule has 0 saturated heterocycles. The van der Waals surface area contributed by atoms with Gasteiger partial charge in [0.2, 0.25) is 10.0 Å². The lowest BCUT2D eigenvalue weighted by molar-refractivity contribution is 0.199. The lowest BCUT2D eigenvalue weighted by atomic mass is 10.3. The van der Waals surface area contributed by atoms with Crippen molar-refractivity contribution < 1.29 is 13.2 Å². The molecule has 0 aliphatic rings. The third kappa shape index (κ3) is 3.49. The summed E-state index contributed by atoms with van der Waals surface area (Å²) in [4.78, 5) is 0. The highest BCUT2D eigenvalue weighted by molar-refractivity contribution is 7.92. The zero-order chi connectivity index (χ0) is 12.2. The first-order chi connectivity index (χ1) is 7.46. The number of H-pyrrole nitrogens is 1. The van der Waals surface area contributed by atoms with Crippen molar-refractivity contribution in [3.63, 3.8) is 0 Å². The Labute approximate surface area is 95.4 Å². The van der Waals surface area contributed by atoms with Gasteiger partial charge in [0.15, 0.2) is 0 Å². The number of hydrogen-bond donors (Lipinski definition) is 2. The standard InChI is InChI=1S/C9H17N3O3S/c1-7-9(8(2)11-10-7)12-16(13,14)6-4-5-15-3/h12H,4-6H2,1-3H3,(H,10,11). The van der Waals surface area contributed by atoms with Gasteiger partial charge in [-0.05, 0) is 20.3 Å². The first kappa shape index (κ1) is 13.0. The van der Waals surface area contributed by atoms with Gasteiger partial charge in [0.25, 0.3) is 0 Å². The lowest BCUT2D eigenvalue weighted by Gasteiger charge is -2.07. The van der Waals surface area contributed by atoms with E-state index in [0.717, 1.165) is 0 Å². The Bertz CT molecular complexity index is 419. The summed E-state index contributed by atoms with van der Waals surface area (Å²) >= 11 is 0. The lowest BCUT2D eigenvalue weighted by Crippen LogP contribution is -2.18. The van der Waals surface area contributed by atoms with Crippen LogP contribution in [0.3, 0.4) is 0 Å². The molecule has 16 heavy (non-hydrogen) atoms. The van der Waals surface area contributed by atoms with Gasteiger partial charge in [-0.15, -0.1) is 0 Å². The van der Waals surface area contributed by atoms with Gasteiger partial charge in [0, 0.05) is 13.7 Å². The van der Waals surface area contributed by atoms with E-state index in [4.69, 9.17) is 4.74 Å². The second-order valence-corrected chi connectivity index (χ2v) is 5.42. The van der Waals surface area contributed by atoms with E-state index in [-0.39, 0.29) is 5.75 Å². The van der Waals surface area contributed by atoms with Crippen molar-refractivity contribution in [1.82, 2.24) is 10.2 Å². The molecule has 0 fully saturated rings. The summed E-state index contributed by atoms with van der Waals surface area (Å²) in [5.41, 5.74) is 1.90. The number of ether oxygens (including phenoxy) is 1. The van der Waals surface area contributed by atoms with Gasteiger partial charge in [0.05, 0.1) is 22.8 Å². The van der Waals surface area contributed by atoms with Gasteiger partial charge in [-0.1, -0.05) is 0 Å². The van der Waals surface area contributed by atoms with Crippen LogP contribution in [0, 0.1) is 13.8 Å². The minimum absolute atomic E-state index is 0.0465. The van der Waals surface area contributed by atoms with E-state index < -0.39 is 10.0 Å². The summed E-state index contributed by atoms with van der Waals surface area (Å²) in [6, 6.07) is 0. The second kappa shape index (κ2) is 5.31. The number of aryl methyl sites for hydroxylation is 2.